The summed E-state index contributed by atoms with van der Waals surface area (Å²) in [5.74, 6) is -0.974. The van der Waals surface area contributed by atoms with Gasteiger partial charge in [0, 0.05) is 12.3 Å². The Morgan fingerprint density at radius 2 is 2.00 bits per heavy atom. The van der Waals surface area contributed by atoms with Crippen molar-refractivity contribution in [2.75, 3.05) is 0 Å². The zero-order valence-electron chi connectivity index (χ0n) is 7.15. The summed E-state index contributed by atoms with van der Waals surface area (Å²) < 4.78 is 0. The number of hydrogen-bond donors (Lipinski definition) is 2. The molecule has 0 unspecified atom stereocenters. The second kappa shape index (κ2) is 2.99. The van der Waals surface area contributed by atoms with Gasteiger partial charge in [-0.15, -0.1) is 0 Å². The van der Waals surface area contributed by atoms with Crippen LogP contribution in [0.5, 0.6) is 0 Å². The minimum absolute atomic E-state index is 0.194. The molecule has 0 aliphatic rings. The number of carbonyl (C=O) groups is 1. The number of carboxylic acids is 1. The topological polar surface area (TPSA) is 70.2 Å². The molecule has 1 aromatic carbocycles. The van der Waals surface area contributed by atoms with E-state index in [9.17, 15) is 9.59 Å². The number of aromatic amines is 1. The highest BCUT2D eigenvalue weighted by Gasteiger charge is 2.03. The molecule has 1 heterocycles. The summed E-state index contributed by atoms with van der Waals surface area (Å²) in [5.41, 5.74) is 0.0186. The number of H-pyrrole nitrogens is 1. The minimum Gasteiger partial charge on any atom is -0.478 e. The highest BCUT2D eigenvalue weighted by molar-refractivity contribution is 5.93. The molecule has 0 fully saturated rings. The van der Waals surface area contributed by atoms with E-state index < -0.39 is 5.97 Å². The summed E-state index contributed by atoms with van der Waals surface area (Å²) in [6, 6.07) is 6.05. The molecule has 4 nitrogen and oxygen atoms in total. The van der Waals surface area contributed by atoms with Gasteiger partial charge in [-0.25, -0.2) is 4.79 Å². The lowest BCUT2D eigenvalue weighted by molar-refractivity contribution is 0.0697. The maximum absolute atomic E-state index is 10.9. The number of nitrogens with one attached hydrogen (secondary N) is 1. The SMILES string of the molecule is O=C(O)c1ccc2cc(=O)[nH]cc2c1. The lowest BCUT2D eigenvalue weighted by Gasteiger charge is -1.98. The van der Waals surface area contributed by atoms with E-state index in [1.165, 1.54) is 24.4 Å². The minimum atomic E-state index is -0.974. The van der Waals surface area contributed by atoms with Gasteiger partial charge in [-0.05, 0) is 22.9 Å². The first-order chi connectivity index (χ1) is 6.66. The van der Waals surface area contributed by atoms with Crippen molar-refractivity contribution < 1.29 is 9.90 Å². The van der Waals surface area contributed by atoms with Gasteiger partial charge in [-0.2, -0.15) is 0 Å². The Balaban J connectivity index is 2.73. The third kappa shape index (κ3) is 1.37. The zero-order valence-corrected chi connectivity index (χ0v) is 7.15. The number of hydrogen-bond acceptors (Lipinski definition) is 2. The van der Waals surface area contributed by atoms with Crippen molar-refractivity contribution in [2.24, 2.45) is 0 Å². The molecule has 2 aromatic rings. The first-order valence-corrected chi connectivity index (χ1v) is 4.02. The summed E-state index contributed by atoms with van der Waals surface area (Å²) in [5, 5.41) is 10.2. The molecule has 0 saturated heterocycles. The van der Waals surface area contributed by atoms with Crippen molar-refractivity contribution >= 4 is 16.7 Å². The Bertz CT molecular complexity index is 557. The molecular formula is C10H7NO3. The molecule has 2 N–H and O–H groups in total. The third-order valence-electron chi connectivity index (χ3n) is 1.99. The lowest BCUT2D eigenvalue weighted by atomic mass is 10.1. The van der Waals surface area contributed by atoms with Crippen LogP contribution in [0.4, 0.5) is 0 Å². The highest BCUT2D eigenvalue weighted by Crippen LogP contribution is 2.12. The van der Waals surface area contributed by atoms with Crippen LogP contribution in [0.15, 0.2) is 35.3 Å². The Labute approximate surface area is 78.8 Å². The van der Waals surface area contributed by atoms with E-state index in [4.69, 9.17) is 5.11 Å². The number of pyridine rings is 1. The van der Waals surface area contributed by atoms with Crippen LogP contribution in [-0.4, -0.2) is 16.1 Å². The fourth-order valence-corrected chi connectivity index (χ4v) is 1.30. The third-order valence-corrected chi connectivity index (χ3v) is 1.99. The second-order valence-electron chi connectivity index (χ2n) is 2.95. The summed E-state index contributed by atoms with van der Waals surface area (Å²) in [7, 11) is 0. The van der Waals surface area contributed by atoms with Gasteiger partial charge in [0.25, 0.3) is 0 Å². The molecule has 0 atom stereocenters. The van der Waals surface area contributed by atoms with Crippen LogP contribution in [0, 0.1) is 0 Å². The molecule has 0 aliphatic carbocycles. The largest absolute Gasteiger partial charge is 0.478 e. The van der Waals surface area contributed by atoms with Gasteiger partial charge in [0.1, 0.15) is 0 Å². The highest BCUT2D eigenvalue weighted by atomic mass is 16.4. The number of aromatic carboxylic acids is 1. The summed E-state index contributed by atoms with van der Waals surface area (Å²) in [4.78, 5) is 24.1. The normalized spacial score (nSPS) is 10.3. The van der Waals surface area contributed by atoms with Crippen molar-refractivity contribution in [2.45, 2.75) is 0 Å². The van der Waals surface area contributed by atoms with Crippen LogP contribution < -0.4 is 5.56 Å². The van der Waals surface area contributed by atoms with Crippen molar-refractivity contribution in [3.05, 3.63) is 46.4 Å². The Morgan fingerprint density at radius 3 is 2.71 bits per heavy atom. The Morgan fingerprint density at radius 1 is 1.21 bits per heavy atom. The van der Waals surface area contributed by atoms with Crippen LogP contribution in [-0.2, 0) is 0 Å². The second-order valence-corrected chi connectivity index (χ2v) is 2.95. The van der Waals surface area contributed by atoms with E-state index in [1.807, 2.05) is 0 Å². The predicted octanol–water partition coefficient (Wildman–Crippen LogP) is 1.23. The molecule has 4 heteroatoms. The van der Waals surface area contributed by atoms with Gasteiger partial charge in [0.05, 0.1) is 5.56 Å². The molecule has 70 valence electrons. The molecule has 1 aromatic heterocycles. The van der Waals surface area contributed by atoms with Crippen LogP contribution in [0.1, 0.15) is 10.4 Å². The molecule has 2 rings (SSSR count). The standard InChI is InChI=1S/C10H7NO3/c12-9-4-6-1-2-7(10(13)14)3-8(6)5-11-9/h1-5H,(H,11,12)(H,13,14). The van der Waals surface area contributed by atoms with Crippen molar-refractivity contribution in [1.82, 2.24) is 4.98 Å². The Kier molecular flexibility index (Phi) is 1.81. The van der Waals surface area contributed by atoms with Gasteiger partial charge in [0.15, 0.2) is 0 Å². The van der Waals surface area contributed by atoms with Crippen LogP contribution in [0.3, 0.4) is 0 Å². The van der Waals surface area contributed by atoms with Gasteiger partial charge in [-0.1, -0.05) is 6.07 Å². The molecule has 0 radical (unpaired) electrons. The van der Waals surface area contributed by atoms with E-state index in [2.05, 4.69) is 4.98 Å². The average molecular weight is 189 g/mol. The van der Waals surface area contributed by atoms with E-state index in [-0.39, 0.29) is 11.1 Å². The molecule has 0 aliphatic heterocycles. The van der Waals surface area contributed by atoms with Crippen molar-refractivity contribution in [1.29, 1.82) is 0 Å². The molecule has 0 amide bonds. The quantitative estimate of drug-likeness (QED) is 0.708. The number of rotatable bonds is 1. The maximum atomic E-state index is 10.9. The van der Waals surface area contributed by atoms with E-state index >= 15 is 0 Å². The fraction of sp³-hybridized carbons (Fsp3) is 0. The Hall–Kier alpha value is -2.10. The van der Waals surface area contributed by atoms with Gasteiger partial charge in [-0.3, -0.25) is 4.79 Å². The number of carboxylic acid groups (broad SMARTS) is 1. The smallest absolute Gasteiger partial charge is 0.335 e. The van der Waals surface area contributed by atoms with Crippen LogP contribution >= 0.6 is 0 Å². The maximum Gasteiger partial charge on any atom is 0.335 e. The van der Waals surface area contributed by atoms with Gasteiger partial charge in [0.2, 0.25) is 5.56 Å². The zero-order chi connectivity index (χ0) is 10.1. The summed E-state index contributed by atoms with van der Waals surface area (Å²) >= 11 is 0. The van der Waals surface area contributed by atoms with Gasteiger partial charge >= 0.3 is 5.97 Å². The summed E-state index contributed by atoms with van der Waals surface area (Å²) in [6.07, 6.45) is 1.50. The van der Waals surface area contributed by atoms with Gasteiger partial charge < -0.3 is 10.1 Å². The lowest BCUT2D eigenvalue weighted by Crippen LogP contribution is -2.02. The van der Waals surface area contributed by atoms with E-state index in [1.54, 1.807) is 6.07 Å². The average Bonchev–Trinajstić information content (AvgIpc) is 2.16. The molecule has 14 heavy (non-hydrogen) atoms. The first-order valence-electron chi connectivity index (χ1n) is 4.02. The predicted molar refractivity (Wildman–Crippen MR) is 51.5 cm³/mol. The number of benzene rings is 1. The first kappa shape index (κ1) is 8.50. The molecule has 0 saturated carbocycles. The van der Waals surface area contributed by atoms with Crippen LogP contribution in [0.2, 0.25) is 0 Å². The monoisotopic (exact) mass is 189 g/mol. The van der Waals surface area contributed by atoms with Crippen LogP contribution in [0.25, 0.3) is 10.8 Å². The fourth-order valence-electron chi connectivity index (χ4n) is 1.30. The molecule has 0 spiro atoms. The number of aromatic nitrogens is 1. The van der Waals surface area contributed by atoms with Crippen molar-refractivity contribution in [3.8, 4) is 0 Å². The summed E-state index contributed by atoms with van der Waals surface area (Å²) in [6.45, 7) is 0. The number of fused-ring (bicyclic) bond motifs is 1. The van der Waals surface area contributed by atoms with E-state index in [0.717, 1.165) is 5.39 Å². The molecular weight excluding hydrogens is 182 g/mol. The van der Waals surface area contributed by atoms with E-state index in [0.29, 0.717) is 5.39 Å². The van der Waals surface area contributed by atoms with Crippen molar-refractivity contribution in [3.63, 3.8) is 0 Å². The molecule has 0 bridgehead atoms.